The number of amides is 1. The second kappa shape index (κ2) is 12.1. The van der Waals surface area contributed by atoms with Crippen LogP contribution in [-0.2, 0) is 18.9 Å². The molecule has 0 bridgehead atoms. The highest BCUT2D eigenvalue weighted by Crippen LogP contribution is 2.37. The van der Waals surface area contributed by atoms with E-state index in [9.17, 15) is 31.1 Å². The van der Waals surface area contributed by atoms with Crippen LogP contribution < -0.4 is 10.1 Å². The molecule has 0 fully saturated rings. The number of carbonyl (C=O) groups excluding carboxylic acids is 1. The Morgan fingerprint density at radius 1 is 1.00 bits per heavy atom. The van der Waals surface area contributed by atoms with Gasteiger partial charge in [-0.05, 0) is 43.9 Å². The molecule has 3 rings (SSSR count). The molecule has 14 heteroatoms. The minimum atomic E-state index is -5.02. The Hall–Kier alpha value is -3.58. The lowest BCUT2D eigenvalue weighted by Gasteiger charge is -2.20. The molecule has 0 spiro atoms. The van der Waals surface area contributed by atoms with Crippen molar-refractivity contribution in [3.63, 3.8) is 0 Å². The van der Waals surface area contributed by atoms with Gasteiger partial charge in [0.1, 0.15) is 5.69 Å². The van der Waals surface area contributed by atoms with E-state index < -0.39 is 36.1 Å². The molecule has 0 aliphatic carbocycles. The normalized spacial score (nSPS) is 12.0. The maximum Gasteiger partial charge on any atom is 0.416 e. The fourth-order valence-electron chi connectivity index (χ4n) is 3.39. The van der Waals surface area contributed by atoms with Gasteiger partial charge in [0.15, 0.2) is 5.75 Å². The number of nitrogens with zero attached hydrogens (tertiary/aromatic N) is 4. The Labute approximate surface area is 225 Å². The summed E-state index contributed by atoms with van der Waals surface area (Å²) in [6.45, 7) is 0.587. The average Bonchev–Trinajstić information content (AvgIpc) is 2.83. The lowest BCUT2D eigenvalue weighted by Crippen LogP contribution is -2.30. The number of benzene rings is 2. The van der Waals surface area contributed by atoms with Gasteiger partial charge in [-0.25, -0.2) is 14.8 Å². The van der Waals surface area contributed by atoms with Gasteiger partial charge in [0.2, 0.25) is 5.95 Å². The van der Waals surface area contributed by atoms with Crippen LogP contribution in [0.5, 0.6) is 5.75 Å². The smallest absolute Gasteiger partial charge is 0.406 e. The van der Waals surface area contributed by atoms with Gasteiger partial charge in [0, 0.05) is 32.2 Å². The SMILES string of the molecule is CN(C)CCNc1ncc(OC(=O)N(C)Cc2cc(C(F)(F)F)cc(C(F)(F)F)c2)c(-c2ccccc2Cl)n1. The van der Waals surface area contributed by atoms with Crippen molar-refractivity contribution in [2.75, 3.05) is 39.5 Å². The number of hydrogen-bond donors (Lipinski definition) is 1. The third-order valence-corrected chi connectivity index (χ3v) is 5.63. The van der Waals surface area contributed by atoms with E-state index in [1.165, 1.54) is 13.2 Å². The third-order valence-electron chi connectivity index (χ3n) is 5.30. The predicted molar refractivity (Wildman–Crippen MR) is 133 cm³/mol. The zero-order valence-electron chi connectivity index (χ0n) is 21.0. The van der Waals surface area contributed by atoms with Gasteiger partial charge in [0.25, 0.3) is 0 Å². The van der Waals surface area contributed by atoms with E-state index in [2.05, 4.69) is 15.3 Å². The molecule has 0 saturated heterocycles. The summed E-state index contributed by atoms with van der Waals surface area (Å²) < 4.78 is 84.6. The molecule has 1 heterocycles. The molecule has 0 saturated carbocycles. The van der Waals surface area contributed by atoms with Crippen LogP contribution in [0.2, 0.25) is 5.02 Å². The maximum absolute atomic E-state index is 13.2. The van der Waals surface area contributed by atoms with Crippen molar-refractivity contribution in [1.82, 2.24) is 19.8 Å². The first-order valence-corrected chi connectivity index (χ1v) is 11.7. The summed E-state index contributed by atoms with van der Waals surface area (Å²) in [6.07, 6.45) is -9.87. The summed E-state index contributed by atoms with van der Waals surface area (Å²) in [7, 11) is 4.95. The Morgan fingerprint density at radius 2 is 1.62 bits per heavy atom. The number of ether oxygens (including phenoxy) is 1. The monoisotopic (exact) mass is 575 g/mol. The van der Waals surface area contributed by atoms with E-state index in [1.54, 1.807) is 24.3 Å². The number of alkyl halides is 6. The molecule has 2 aromatic carbocycles. The fraction of sp³-hybridized carbons (Fsp3) is 0.320. The third kappa shape index (κ3) is 8.20. The van der Waals surface area contributed by atoms with Crippen LogP contribution >= 0.6 is 11.6 Å². The Kier molecular flexibility index (Phi) is 9.28. The zero-order valence-corrected chi connectivity index (χ0v) is 21.7. The molecular formula is C25H24ClF6N5O2. The van der Waals surface area contributed by atoms with Crippen LogP contribution in [0, 0.1) is 0 Å². The van der Waals surface area contributed by atoms with E-state index in [0.29, 0.717) is 35.8 Å². The van der Waals surface area contributed by atoms with Crippen molar-refractivity contribution in [3.8, 4) is 17.0 Å². The largest absolute Gasteiger partial charge is 0.416 e. The van der Waals surface area contributed by atoms with Crippen LogP contribution in [0.1, 0.15) is 16.7 Å². The minimum Gasteiger partial charge on any atom is -0.406 e. The molecule has 0 unspecified atom stereocenters. The number of rotatable bonds is 8. The quantitative estimate of drug-likeness (QED) is 0.312. The molecule has 3 aromatic rings. The number of hydrogen-bond acceptors (Lipinski definition) is 6. The Bertz CT molecular complexity index is 1280. The molecule has 0 atom stereocenters. The van der Waals surface area contributed by atoms with Crippen molar-refractivity contribution >= 4 is 23.6 Å². The summed E-state index contributed by atoms with van der Waals surface area (Å²) in [4.78, 5) is 24.1. The molecule has 1 aromatic heterocycles. The van der Waals surface area contributed by atoms with Crippen LogP contribution in [0.25, 0.3) is 11.3 Å². The first kappa shape index (κ1) is 30.0. The number of halogens is 7. The van der Waals surface area contributed by atoms with E-state index in [0.717, 1.165) is 4.90 Å². The van der Waals surface area contributed by atoms with Gasteiger partial charge in [-0.1, -0.05) is 29.8 Å². The van der Waals surface area contributed by atoms with Crippen molar-refractivity contribution in [2.45, 2.75) is 18.9 Å². The van der Waals surface area contributed by atoms with Gasteiger partial charge >= 0.3 is 18.4 Å². The first-order chi connectivity index (χ1) is 18.1. The van der Waals surface area contributed by atoms with E-state index >= 15 is 0 Å². The number of nitrogens with one attached hydrogen (secondary N) is 1. The fourth-order valence-corrected chi connectivity index (χ4v) is 3.61. The van der Waals surface area contributed by atoms with Crippen LogP contribution in [0.3, 0.4) is 0 Å². The summed E-state index contributed by atoms with van der Waals surface area (Å²) in [6, 6.07) is 7.72. The molecule has 1 N–H and O–H groups in total. The summed E-state index contributed by atoms with van der Waals surface area (Å²) in [5.41, 5.74) is -2.79. The van der Waals surface area contributed by atoms with Gasteiger partial charge in [-0.3, -0.25) is 0 Å². The maximum atomic E-state index is 13.2. The highest BCUT2D eigenvalue weighted by atomic mass is 35.5. The summed E-state index contributed by atoms with van der Waals surface area (Å²) in [5.74, 6) is 0.113. The summed E-state index contributed by atoms with van der Waals surface area (Å²) >= 11 is 6.32. The molecule has 0 aliphatic rings. The lowest BCUT2D eigenvalue weighted by atomic mass is 10.0. The van der Waals surface area contributed by atoms with Gasteiger partial charge < -0.3 is 19.9 Å². The van der Waals surface area contributed by atoms with Crippen LogP contribution in [0.15, 0.2) is 48.7 Å². The van der Waals surface area contributed by atoms with E-state index in [4.69, 9.17) is 16.3 Å². The molecule has 1 amide bonds. The summed E-state index contributed by atoms with van der Waals surface area (Å²) in [5, 5.41) is 3.33. The van der Waals surface area contributed by atoms with E-state index in [1.807, 2.05) is 19.0 Å². The number of aromatic nitrogens is 2. The number of likely N-dealkylation sites (N-methyl/N-ethyl adjacent to an activating group) is 1. The second-order valence-electron chi connectivity index (χ2n) is 8.75. The van der Waals surface area contributed by atoms with Gasteiger partial charge in [-0.2, -0.15) is 26.3 Å². The van der Waals surface area contributed by atoms with Crippen LogP contribution in [-0.4, -0.2) is 60.1 Å². The molecule has 7 nitrogen and oxygen atoms in total. The molecular weight excluding hydrogens is 552 g/mol. The predicted octanol–water partition coefficient (Wildman–Crippen LogP) is 6.44. The number of anilines is 1. The standard InChI is InChI=1S/C25H24ClF6N5O2/c1-36(2)9-8-33-22-34-13-20(21(35-22)18-6-4-5-7-19(18)26)39-23(38)37(3)14-15-10-16(24(27,28)29)12-17(11-15)25(30,31)32/h4-7,10-13H,8-9,14H2,1-3H3,(H,33,34,35). The highest BCUT2D eigenvalue weighted by molar-refractivity contribution is 6.33. The molecule has 39 heavy (non-hydrogen) atoms. The lowest BCUT2D eigenvalue weighted by molar-refractivity contribution is -0.143. The average molecular weight is 576 g/mol. The minimum absolute atomic E-state index is 0.0170. The topological polar surface area (TPSA) is 70.6 Å². The van der Waals surface area contributed by atoms with Crippen molar-refractivity contribution in [3.05, 3.63) is 70.4 Å². The van der Waals surface area contributed by atoms with Crippen LogP contribution in [0.4, 0.5) is 37.1 Å². The highest BCUT2D eigenvalue weighted by Gasteiger charge is 2.37. The van der Waals surface area contributed by atoms with Crippen molar-refractivity contribution in [1.29, 1.82) is 0 Å². The Morgan fingerprint density at radius 3 is 2.18 bits per heavy atom. The van der Waals surface area contributed by atoms with Gasteiger partial charge in [-0.15, -0.1) is 0 Å². The number of carbonyl (C=O) groups is 1. The molecule has 0 radical (unpaired) electrons. The van der Waals surface area contributed by atoms with Gasteiger partial charge in [0.05, 0.1) is 22.3 Å². The zero-order chi connectivity index (χ0) is 29.0. The van der Waals surface area contributed by atoms with Crippen molar-refractivity contribution < 1.29 is 35.9 Å². The van der Waals surface area contributed by atoms with E-state index in [-0.39, 0.29) is 29.0 Å². The Balaban J connectivity index is 1.88. The van der Waals surface area contributed by atoms with Crippen molar-refractivity contribution in [2.24, 2.45) is 0 Å². The first-order valence-electron chi connectivity index (χ1n) is 11.4. The molecule has 0 aliphatic heterocycles. The second-order valence-corrected chi connectivity index (χ2v) is 9.16. The molecule has 210 valence electrons.